The Bertz CT molecular complexity index is 1340. The quantitative estimate of drug-likeness (QED) is 0.363. The topological polar surface area (TPSA) is 165 Å². The molecule has 1 fully saturated rings. The zero-order valence-electron chi connectivity index (χ0n) is 21.5. The number of Topliss-reactive ketones (excluding diaryl/α,β-unsaturated/α-hetero) is 2. The van der Waals surface area contributed by atoms with Crippen molar-refractivity contribution in [1.29, 1.82) is 0 Å². The molecule has 0 bridgehead atoms. The number of aromatic hydroxyl groups is 1. The highest BCUT2D eigenvalue weighted by Gasteiger charge is 2.63. The van der Waals surface area contributed by atoms with E-state index in [2.05, 4.69) is 4.90 Å². The number of primary amides is 1. The number of amides is 1. The van der Waals surface area contributed by atoms with Gasteiger partial charge in [-0.3, -0.25) is 24.2 Å². The molecule has 5 atom stereocenters. The van der Waals surface area contributed by atoms with Gasteiger partial charge in [0.25, 0.3) is 5.91 Å². The fourth-order valence-corrected chi connectivity index (χ4v) is 7.12. The van der Waals surface area contributed by atoms with Crippen LogP contribution in [0.15, 0.2) is 28.7 Å². The van der Waals surface area contributed by atoms with Crippen molar-refractivity contribution in [3.8, 4) is 5.75 Å². The Morgan fingerprint density at radius 1 is 1.26 bits per heavy atom. The van der Waals surface area contributed by atoms with Crippen LogP contribution in [0, 0.1) is 17.7 Å². The Morgan fingerprint density at radius 2 is 1.95 bits per heavy atom. The highest BCUT2D eigenvalue weighted by atomic mass is 19.1. The summed E-state index contributed by atoms with van der Waals surface area (Å²) in [6.45, 7) is 3.47. The maximum atomic E-state index is 16.0. The van der Waals surface area contributed by atoms with Gasteiger partial charge in [0.1, 0.15) is 28.7 Å². The number of halogens is 1. The van der Waals surface area contributed by atoms with E-state index in [9.17, 15) is 34.8 Å². The average molecular weight is 530 g/mol. The Balaban J connectivity index is 1.68. The van der Waals surface area contributed by atoms with Crippen molar-refractivity contribution < 1.29 is 39.2 Å². The van der Waals surface area contributed by atoms with Gasteiger partial charge < -0.3 is 26.2 Å². The van der Waals surface area contributed by atoms with Crippen molar-refractivity contribution in [2.75, 3.05) is 27.2 Å². The molecule has 38 heavy (non-hydrogen) atoms. The van der Waals surface area contributed by atoms with Gasteiger partial charge in [-0.25, -0.2) is 4.39 Å². The van der Waals surface area contributed by atoms with Crippen LogP contribution in [0.1, 0.15) is 53.7 Å². The number of phenols is 1. The molecule has 3 aliphatic carbocycles. The van der Waals surface area contributed by atoms with Gasteiger partial charge in [0.2, 0.25) is 5.78 Å². The minimum atomic E-state index is -2.72. The van der Waals surface area contributed by atoms with Gasteiger partial charge in [-0.05, 0) is 64.9 Å². The molecule has 10 nitrogen and oxygen atoms in total. The van der Waals surface area contributed by atoms with E-state index in [4.69, 9.17) is 5.73 Å². The van der Waals surface area contributed by atoms with Crippen molar-refractivity contribution in [3.05, 3.63) is 51.2 Å². The first-order valence-corrected chi connectivity index (χ1v) is 12.8. The molecular weight excluding hydrogens is 497 g/mol. The predicted octanol–water partition coefficient (Wildman–Crippen LogP) is 1.42. The summed E-state index contributed by atoms with van der Waals surface area (Å²) in [6.07, 6.45) is 1.44. The number of carbonyl (C=O) groups excluding carboxylic acids is 3. The number of hydrogen-bond acceptors (Lipinski definition) is 9. The molecule has 0 radical (unpaired) electrons. The first kappa shape index (κ1) is 26.3. The molecule has 5 rings (SSSR count). The lowest BCUT2D eigenvalue weighted by Gasteiger charge is -2.50. The summed E-state index contributed by atoms with van der Waals surface area (Å²) in [7, 11) is 3.11. The number of ketones is 2. The molecule has 0 spiro atoms. The van der Waals surface area contributed by atoms with Crippen molar-refractivity contribution in [2.45, 2.75) is 50.3 Å². The predicted molar refractivity (Wildman–Crippen MR) is 133 cm³/mol. The maximum Gasteiger partial charge on any atom is 0.255 e. The Kier molecular flexibility index (Phi) is 6.16. The van der Waals surface area contributed by atoms with E-state index >= 15 is 4.39 Å². The third kappa shape index (κ3) is 3.38. The molecule has 1 aromatic rings. The number of allylic oxidation sites excluding steroid dienone is 1. The van der Waals surface area contributed by atoms with Gasteiger partial charge in [0.05, 0.1) is 11.6 Å². The third-order valence-corrected chi connectivity index (χ3v) is 8.81. The van der Waals surface area contributed by atoms with E-state index in [0.717, 1.165) is 13.0 Å². The van der Waals surface area contributed by atoms with Crippen LogP contribution in [-0.4, -0.2) is 86.5 Å². The van der Waals surface area contributed by atoms with E-state index in [1.165, 1.54) is 11.0 Å². The number of aliphatic hydroxyl groups excluding tert-OH is 2. The molecule has 6 N–H and O–H groups in total. The van der Waals surface area contributed by atoms with Crippen LogP contribution in [0.2, 0.25) is 0 Å². The lowest BCUT2D eigenvalue weighted by molar-refractivity contribution is -0.148. The van der Waals surface area contributed by atoms with Crippen molar-refractivity contribution >= 4 is 17.5 Å². The van der Waals surface area contributed by atoms with Crippen LogP contribution >= 0.6 is 0 Å². The second-order valence-corrected chi connectivity index (χ2v) is 10.9. The molecular formula is C27H32FN3O7. The van der Waals surface area contributed by atoms with Crippen LogP contribution in [0.25, 0.3) is 0 Å². The largest absolute Gasteiger partial charge is 0.510 e. The molecule has 1 amide bonds. The Labute approximate surface area is 218 Å². The Hall–Kier alpha value is -3.28. The number of nitrogens with two attached hydrogens (primary N) is 1. The second-order valence-electron chi connectivity index (χ2n) is 10.9. The van der Waals surface area contributed by atoms with Gasteiger partial charge in [-0.2, -0.15) is 0 Å². The maximum absolute atomic E-state index is 16.0. The molecule has 1 aliphatic heterocycles. The van der Waals surface area contributed by atoms with Crippen LogP contribution in [0.5, 0.6) is 5.75 Å². The number of fused-ring (bicyclic) bond motifs is 3. The molecule has 1 unspecified atom stereocenters. The summed E-state index contributed by atoms with van der Waals surface area (Å²) in [5, 5.41) is 44.6. The van der Waals surface area contributed by atoms with E-state index < -0.39 is 69.6 Å². The smallest absolute Gasteiger partial charge is 0.255 e. The minimum Gasteiger partial charge on any atom is -0.510 e. The number of aliphatic hydroxyl groups is 3. The standard InChI is InChI=1S/C27H32FN3O7/c1-4-31-7-5-6-15(31)12-10-16(32)18-13(20(12)28)8-11-9-14-21(30(2)3)23(34)19(26(29)37)25(36)27(14,38)24(35)17(11)22(18)33/h10-11,14-15,21,32,34-35,38H,4-9H2,1-3H3,(H2,29,37)/t11-,14-,15?,21-,27-/m0/s1. The number of carbonyl (C=O) groups is 3. The van der Waals surface area contributed by atoms with Gasteiger partial charge in [0, 0.05) is 28.7 Å². The van der Waals surface area contributed by atoms with Crippen LogP contribution < -0.4 is 5.73 Å². The van der Waals surface area contributed by atoms with Crippen molar-refractivity contribution in [3.63, 3.8) is 0 Å². The first-order valence-electron chi connectivity index (χ1n) is 12.8. The minimum absolute atomic E-state index is 0.0288. The zero-order chi connectivity index (χ0) is 27.8. The van der Waals surface area contributed by atoms with Gasteiger partial charge >= 0.3 is 0 Å². The number of likely N-dealkylation sites (tertiary alicyclic amines) is 1. The lowest BCUT2D eigenvalue weighted by Crippen LogP contribution is -2.63. The molecule has 1 saturated heterocycles. The van der Waals surface area contributed by atoms with Crippen molar-refractivity contribution in [2.24, 2.45) is 17.6 Å². The molecule has 4 aliphatic rings. The van der Waals surface area contributed by atoms with E-state index in [1.807, 2.05) is 6.92 Å². The van der Waals surface area contributed by atoms with Gasteiger partial charge in [-0.15, -0.1) is 0 Å². The average Bonchev–Trinajstić information content (AvgIpc) is 3.31. The monoisotopic (exact) mass is 529 g/mol. The summed E-state index contributed by atoms with van der Waals surface area (Å²) in [4.78, 5) is 42.6. The molecule has 0 aromatic heterocycles. The molecule has 1 heterocycles. The van der Waals surface area contributed by atoms with Crippen LogP contribution in [-0.2, 0) is 16.0 Å². The lowest BCUT2D eigenvalue weighted by atomic mass is 9.58. The fourth-order valence-electron chi connectivity index (χ4n) is 7.12. The van der Waals surface area contributed by atoms with Crippen LogP contribution in [0.3, 0.4) is 0 Å². The van der Waals surface area contributed by atoms with E-state index in [0.29, 0.717) is 18.5 Å². The summed E-state index contributed by atoms with van der Waals surface area (Å²) < 4.78 is 16.0. The van der Waals surface area contributed by atoms with E-state index in [-0.39, 0.29) is 35.6 Å². The molecule has 204 valence electrons. The summed E-state index contributed by atoms with van der Waals surface area (Å²) in [6, 6.07) is -0.0823. The van der Waals surface area contributed by atoms with Crippen LogP contribution in [0.4, 0.5) is 4.39 Å². The highest BCUT2D eigenvalue weighted by Crippen LogP contribution is 2.53. The zero-order valence-corrected chi connectivity index (χ0v) is 21.5. The number of nitrogens with zero attached hydrogens (tertiary/aromatic N) is 2. The second kappa shape index (κ2) is 8.89. The van der Waals surface area contributed by atoms with Gasteiger partial charge in [0.15, 0.2) is 11.4 Å². The van der Waals surface area contributed by atoms with E-state index in [1.54, 1.807) is 14.1 Å². The summed E-state index contributed by atoms with van der Waals surface area (Å²) in [5.41, 5.74) is 1.47. The number of hydrogen-bond donors (Lipinski definition) is 5. The first-order chi connectivity index (χ1) is 17.9. The number of phenolic OH excluding ortho intramolecular Hbond substituents is 1. The molecule has 11 heteroatoms. The van der Waals surface area contributed by atoms with Crippen molar-refractivity contribution in [1.82, 2.24) is 9.80 Å². The fraction of sp³-hybridized carbons (Fsp3) is 0.519. The Morgan fingerprint density at radius 3 is 2.55 bits per heavy atom. The number of likely N-dealkylation sites (N-methyl/N-ethyl adjacent to an activating group) is 1. The number of benzene rings is 1. The molecule has 1 aromatic carbocycles. The summed E-state index contributed by atoms with van der Waals surface area (Å²) in [5.74, 6) is -8.08. The normalized spacial score (nSPS) is 31.5. The SMILES string of the molecule is CCN1CCCC1c1cc(O)c2c(c1F)C[C@H]1C[C@H]3[C@H](N(C)C)C(O)=C(C(N)=O)C(=O)[C@@]3(O)C(O)=C1C2=O. The van der Waals surface area contributed by atoms with Gasteiger partial charge in [-0.1, -0.05) is 6.92 Å². The number of rotatable bonds is 4. The third-order valence-electron chi connectivity index (χ3n) is 8.81. The molecule has 0 saturated carbocycles. The highest BCUT2D eigenvalue weighted by molar-refractivity contribution is 6.24. The summed E-state index contributed by atoms with van der Waals surface area (Å²) >= 11 is 0.